The van der Waals surface area contributed by atoms with Gasteiger partial charge in [-0.25, -0.2) is 0 Å². The maximum atomic E-state index is 9.10. The van der Waals surface area contributed by atoms with Crippen LogP contribution >= 0.6 is 0 Å². The Morgan fingerprint density at radius 3 is 2.43 bits per heavy atom. The fourth-order valence-corrected chi connectivity index (χ4v) is 1.30. The minimum atomic E-state index is -0.420. The Hall–Kier alpha value is -1.02. The molecule has 0 bridgehead atoms. The number of hydrogen-bond donors (Lipinski definition) is 1. The van der Waals surface area contributed by atoms with Crippen molar-refractivity contribution in [3.05, 3.63) is 28.8 Å². The van der Waals surface area contributed by atoms with Crippen LogP contribution in [0.1, 0.15) is 23.6 Å². The second-order valence-corrected chi connectivity index (χ2v) is 3.79. The number of rotatable bonds is 3. The standard InChI is InChI=1S/C12H18O2/c1-8-5-6-12(11(4)10(8)3)14-7-9(2)13/h5-6,9,13H,7H2,1-4H3. The maximum Gasteiger partial charge on any atom is 0.122 e. The van der Waals surface area contributed by atoms with Crippen molar-refractivity contribution >= 4 is 0 Å². The summed E-state index contributed by atoms with van der Waals surface area (Å²) in [6.07, 6.45) is -0.420. The van der Waals surface area contributed by atoms with Crippen molar-refractivity contribution < 1.29 is 9.84 Å². The summed E-state index contributed by atoms with van der Waals surface area (Å²) < 4.78 is 5.48. The van der Waals surface area contributed by atoms with Crippen LogP contribution in [0.3, 0.4) is 0 Å². The van der Waals surface area contributed by atoms with Gasteiger partial charge in [0.25, 0.3) is 0 Å². The lowest BCUT2D eigenvalue weighted by Crippen LogP contribution is -2.13. The van der Waals surface area contributed by atoms with Gasteiger partial charge in [0.15, 0.2) is 0 Å². The average molecular weight is 194 g/mol. The summed E-state index contributed by atoms with van der Waals surface area (Å²) in [5, 5.41) is 9.10. The monoisotopic (exact) mass is 194 g/mol. The van der Waals surface area contributed by atoms with Crippen molar-refractivity contribution in [3.63, 3.8) is 0 Å². The van der Waals surface area contributed by atoms with Crippen LogP contribution in [0.5, 0.6) is 5.75 Å². The van der Waals surface area contributed by atoms with Gasteiger partial charge >= 0.3 is 0 Å². The molecule has 0 radical (unpaired) electrons. The van der Waals surface area contributed by atoms with Crippen molar-refractivity contribution in [1.82, 2.24) is 0 Å². The van der Waals surface area contributed by atoms with Crippen molar-refractivity contribution in [2.45, 2.75) is 33.8 Å². The Morgan fingerprint density at radius 1 is 1.21 bits per heavy atom. The predicted octanol–water partition coefficient (Wildman–Crippen LogP) is 2.37. The van der Waals surface area contributed by atoms with Gasteiger partial charge in [-0.3, -0.25) is 0 Å². The normalized spacial score (nSPS) is 12.6. The highest BCUT2D eigenvalue weighted by Gasteiger charge is 2.05. The summed E-state index contributed by atoms with van der Waals surface area (Å²) in [6, 6.07) is 4.00. The highest BCUT2D eigenvalue weighted by atomic mass is 16.5. The molecule has 1 rings (SSSR count). The molecule has 1 N–H and O–H groups in total. The van der Waals surface area contributed by atoms with Gasteiger partial charge in [-0.1, -0.05) is 6.07 Å². The number of aliphatic hydroxyl groups excluding tert-OH is 1. The average Bonchev–Trinajstić information content (AvgIpc) is 2.13. The molecule has 1 atom stereocenters. The minimum Gasteiger partial charge on any atom is -0.491 e. The van der Waals surface area contributed by atoms with Gasteiger partial charge in [-0.15, -0.1) is 0 Å². The van der Waals surface area contributed by atoms with E-state index in [1.807, 2.05) is 19.1 Å². The van der Waals surface area contributed by atoms with Gasteiger partial charge < -0.3 is 9.84 Å². The molecular formula is C12H18O2. The summed E-state index contributed by atoms with van der Waals surface area (Å²) >= 11 is 0. The highest BCUT2D eigenvalue weighted by Crippen LogP contribution is 2.23. The van der Waals surface area contributed by atoms with Crippen LogP contribution in [0.15, 0.2) is 12.1 Å². The summed E-state index contributed by atoms with van der Waals surface area (Å²) in [5.41, 5.74) is 3.69. The predicted molar refractivity (Wildman–Crippen MR) is 57.8 cm³/mol. The molecule has 1 aromatic rings. The Labute approximate surface area is 85.5 Å². The number of aliphatic hydroxyl groups is 1. The van der Waals surface area contributed by atoms with Gasteiger partial charge in [-0.05, 0) is 50.5 Å². The molecule has 0 aromatic heterocycles. The zero-order chi connectivity index (χ0) is 10.7. The van der Waals surface area contributed by atoms with E-state index < -0.39 is 6.10 Å². The Morgan fingerprint density at radius 2 is 1.86 bits per heavy atom. The van der Waals surface area contributed by atoms with E-state index in [2.05, 4.69) is 13.8 Å². The van der Waals surface area contributed by atoms with Gasteiger partial charge in [0.05, 0.1) is 6.10 Å². The molecule has 78 valence electrons. The van der Waals surface area contributed by atoms with Crippen LogP contribution in [0.4, 0.5) is 0 Å². The molecule has 0 spiro atoms. The fraction of sp³-hybridized carbons (Fsp3) is 0.500. The van der Waals surface area contributed by atoms with Crippen LogP contribution in [0.25, 0.3) is 0 Å². The van der Waals surface area contributed by atoms with Crippen LogP contribution < -0.4 is 4.74 Å². The molecule has 2 heteroatoms. The van der Waals surface area contributed by atoms with Crippen LogP contribution in [-0.2, 0) is 0 Å². The quantitative estimate of drug-likeness (QED) is 0.800. The summed E-state index contributed by atoms with van der Waals surface area (Å²) in [7, 11) is 0. The Balaban J connectivity index is 2.83. The van der Waals surface area contributed by atoms with Crippen LogP contribution in [0, 0.1) is 20.8 Å². The third-order valence-electron chi connectivity index (χ3n) is 2.49. The minimum absolute atomic E-state index is 0.351. The second kappa shape index (κ2) is 4.47. The summed E-state index contributed by atoms with van der Waals surface area (Å²) in [6.45, 7) is 8.28. The molecule has 0 amide bonds. The van der Waals surface area contributed by atoms with Crippen molar-refractivity contribution in [2.75, 3.05) is 6.61 Å². The molecule has 2 nitrogen and oxygen atoms in total. The van der Waals surface area contributed by atoms with Gasteiger partial charge in [0.2, 0.25) is 0 Å². The topological polar surface area (TPSA) is 29.5 Å². The maximum absolute atomic E-state index is 9.10. The van der Waals surface area contributed by atoms with Gasteiger partial charge in [0, 0.05) is 0 Å². The van der Waals surface area contributed by atoms with Crippen LogP contribution in [0.2, 0.25) is 0 Å². The van der Waals surface area contributed by atoms with Gasteiger partial charge in [-0.2, -0.15) is 0 Å². The van der Waals surface area contributed by atoms with Crippen molar-refractivity contribution in [1.29, 1.82) is 0 Å². The molecular weight excluding hydrogens is 176 g/mol. The van der Waals surface area contributed by atoms with Gasteiger partial charge in [0.1, 0.15) is 12.4 Å². The number of aryl methyl sites for hydroxylation is 1. The fourth-order valence-electron chi connectivity index (χ4n) is 1.30. The first kappa shape index (κ1) is 11.1. The van der Waals surface area contributed by atoms with E-state index in [1.54, 1.807) is 6.92 Å². The third-order valence-corrected chi connectivity index (χ3v) is 2.49. The lowest BCUT2D eigenvalue weighted by Gasteiger charge is -2.13. The zero-order valence-electron chi connectivity index (χ0n) is 9.29. The zero-order valence-corrected chi connectivity index (χ0v) is 9.29. The SMILES string of the molecule is Cc1ccc(OCC(C)O)c(C)c1C. The van der Waals surface area contributed by atoms with E-state index >= 15 is 0 Å². The molecule has 0 aliphatic carbocycles. The Bertz CT molecular complexity index is 316. The molecule has 14 heavy (non-hydrogen) atoms. The largest absolute Gasteiger partial charge is 0.491 e. The lowest BCUT2D eigenvalue weighted by atomic mass is 10.0. The van der Waals surface area contributed by atoms with E-state index in [1.165, 1.54) is 11.1 Å². The smallest absolute Gasteiger partial charge is 0.122 e. The molecule has 1 unspecified atom stereocenters. The van der Waals surface area contributed by atoms with E-state index in [0.717, 1.165) is 11.3 Å². The first-order chi connectivity index (χ1) is 6.52. The van der Waals surface area contributed by atoms with Crippen molar-refractivity contribution in [3.8, 4) is 5.75 Å². The highest BCUT2D eigenvalue weighted by molar-refractivity contribution is 5.42. The van der Waals surface area contributed by atoms with E-state index in [-0.39, 0.29) is 0 Å². The van der Waals surface area contributed by atoms with E-state index in [9.17, 15) is 0 Å². The molecule has 1 aromatic carbocycles. The van der Waals surface area contributed by atoms with E-state index in [4.69, 9.17) is 9.84 Å². The summed E-state index contributed by atoms with van der Waals surface area (Å²) in [5.74, 6) is 0.869. The lowest BCUT2D eigenvalue weighted by molar-refractivity contribution is 0.122. The first-order valence-electron chi connectivity index (χ1n) is 4.90. The summed E-state index contributed by atoms with van der Waals surface area (Å²) in [4.78, 5) is 0. The second-order valence-electron chi connectivity index (χ2n) is 3.79. The molecule has 0 saturated carbocycles. The Kier molecular flexibility index (Phi) is 3.53. The van der Waals surface area contributed by atoms with Crippen molar-refractivity contribution in [2.24, 2.45) is 0 Å². The molecule has 0 heterocycles. The first-order valence-corrected chi connectivity index (χ1v) is 4.90. The third kappa shape index (κ3) is 2.48. The van der Waals surface area contributed by atoms with Crippen LogP contribution in [-0.4, -0.2) is 17.8 Å². The molecule has 0 fully saturated rings. The number of hydrogen-bond acceptors (Lipinski definition) is 2. The molecule has 0 aliphatic rings. The molecule has 0 saturated heterocycles. The molecule has 0 aliphatic heterocycles. The number of benzene rings is 1. The van der Waals surface area contributed by atoms with E-state index in [0.29, 0.717) is 6.61 Å². The number of ether oxygens (including phenoxy) is 1.